The molecule has 0 aliphatic heterocycles. The molecule has 0 aliphatic carbocycles. The normalized spacial score (nSPS) is 10.4. The van der Waals surface area contributed by atoms with Crippen molar-refractivity contribution >= 4 is 17.9 Å². The highest BCUT2D eigenvalue weighted by Gasteiger charge is 2.19. The Hall–Kier alpha value is -3.62. The number of hydrogen-bond donors (Lipinski definition) is 2. The van der Waals surface area contributed by atoms with Crippen LogP contribution in [0.1, 0.15) is 11.1 Å². The van der Waals surface area contributed by atoms with E-state index in [1.165, 1.54) is 25.5 Å². The summed E-state index contributed by atoms with van der Waals surface area (Å²) in [5.41, 5.74) is 11.3. The number of guanidine groups is 1. The van der Waals surface area contributed by atoms with Crippen molar-refractivity contribution in [1.29, 1.82) is 0 Å². The van der Waals surface area contributed by atoms with E-state index in [0.29, 0.717) is 5.75 Å². The molecular formula is C16H17N5O4. The highest BCUT2D eigenvalue weighted by molar-refractivity contribution is 5.87. The molecule has 0 fully saturated rings. The van der Waals surface area contributed by atoms with Crippen LogP contribution in [0.2, 0.25) is 0 Å². The smallest absolute Gasteiger partial charge is 0.282 e. The van der Waals surface area contributed by atoms with Crippen LogP contribution in [-0.4, -0.2) is 24.2 Å². The van der Waals surface area contributed by atoms with E-state index in [4.69, 9.17) is 20.9 Å². The van der Waals surface area contributed by atoms with E-state index in [1.54, 1.807) is 0 Å². The summed E-state index contributed by atoms with van der Waals surface area (Å²) in [6.07, 6.45) is 1.17. The Kier molecular flexibility index (Phi) is 5.88. The zero-order chi connectivity index (χ0) is 18.2. The van der Waals surface area contributed by atoms with Gasteiger partial charge in [0, 0.05) is 0 Å². The first-order valence-electron chi connectivity index (χ1n) is 7.16. The molecule has 0 unspecified atom stereocenters. The lowest BCUT2D eigenvalue weighted by Gasteiger charge is -2.11. The van der Waals surface area contributed by atoms with Crippen molar-refractivity contribution in [1.82, 2.24) is 0 Å². The van der Waals surface area contributed by atoms with Gasteiger partial charge in [-0.3, -0.25) is 10.1 Å². The van der Waals surface area contributed by atoms with Gasteiger partial charge >= 0.3 is 0 Å². The van der Waals surface area contributed by atoms with Gasteiger partial charge in [-0.25, -0.2) is 0 Å². The van der Waals surface area contributed by atoms with Gasteiger partial charge in [0.1, 0.15) is 6.61 Å². The number of hydrogen-bond acceptors (Lipinski definition) is 6. The topological polar surface area (TPSA) is 138 Å². The van der Waals surface area contributed by atoms with Crippen molar-refractivity contribution in [3.8, 4) is 11.5 Å². The maximum Gasteiger partial charge on any atom is 0.282 e. The molecule has 9 nitrogen and oxygen atoms in total. The molecule has 4 N–H and O–H groups in total. The van der Waals surface area contributed by atoms with Gasteiger partial charge in [-0.2, -0.15) is 5.10 Å². The van der Waals surface area contributed by atoms with Crippen LogP contribution in [0.4, 0.5) is 5.69 Å². The SMILES string of the molecule is COc1cc([N+](=O)[O-])c(C=NN=C(N)N)cc1OCc1ccccc1. The van der Waals surface area contributed by atoms with Gasteiger partial charge in [0.25, 0.3) is 5.69 Å². The van der Waals surface area contributed by atoms with E-state index in [-0.39, 0.29) is 29.6 Å². The highest BCUT2D eigenvalue weighted by atomic mass is 16.6. The van der Waals surface area contributed by atoms with E-state index in [1.807, 2.05) is 30.3 Å². The second-order valence-electron chi connectivity index (χ2n) is 4.86. The number of ether oxygens (including phenoxy) is 2. The lowest BCUT2D eigenvalue weighted by atomic mass is 10.1. The summed E-state index contributed by atoms with van der Waals surface area (Å²) in [4.78, 5) is 10.7. The first-order valence-corrected chi connectivity index (χ1v) is 7.16. The van der Waals surface area contributed by atoms with Crippen molar-refractivity contribution in [2.24, 2.45) is 21.7 Å². The molecule has 2 rings (SSSR count). The third-order valence-corrected chi connectivity index (χ3v) is 3.12. The van der Waals surface area contributed by atoms with E-state index in [2.05, 4.69) is 10.2 Å². The summed E-state index contributed by atoms with van der Waals surface area (Å²) in [5.74, 6) is 0.317. The summed E-state index contributed by atoms with van der Waals surface area (Å²) in [6, 6.07) is 12.2. The lowest BCUT2D eigenvalue weighted by molar-refractivity contribution is -0.385. The van der Waals surface area contributed by atoms with Gasteiger partial charge in [0.2, 0.25) is 5.96 Å². The van der Waals surface area contributed by atoms with E-state index >= 15 is 0 Å². The highest BCUT2D eigenvalue weighted by Crippen LogP contribution is 2.34. The van der Waals surface area contributed by atoms with E-state index in [0.717, 1.165) is 5.56 Å². The molecule has 25 heavy (non-hydrogen) atoms. The summed E-state index contributed by atoms with van der Waals surface area (Å²) in [5, 5.41) is 18.3. The number of nitrogens with zero attached hydrogens (tertiary/aromatic N) is 3. The molecule has 0 radical (unpaired) electrons. The maximum absolute atomic E-state index is 11.2. The number of methoxy groups -OCH3 is 1. The number of benzene rings is 2. The molecule has 0 atom stereocenters. The summed E-state index contributed by atoms with van der Waals surface area (Å²) < 4.78 is 10.9. The second-order valence-corrected chi connectivity index (χ2v) is 4.86. The quantitative estimate of drug-likeness (QED) is 0.340. The Bertz CT molecular complexity index is 802. The Balaban J connectivity index is 2.35. The fraction of sp³-hybridized carbons (Fsp3) is 0.125. The van der Waals surface area contributed by atoms with E-state index < -0.39 is 4.92 Å². The summed E-state index contributed by atoms with van der Waals surface area (Å²) >= 11 is 0. The van der Waals surface area contributed by atoms with Crippen molar-refractivity contribution in [3.05, 3.63) is 63.7 Å². The van der Waals surface area contributed by atoms with Crippen molar-refractivity contribution in [2.75, 3.05) is 7.11 Å². The minimum atomic E-state index is -0.555. The molecule has 9 heteroatoms. The van der Waals surface area contributed by atoms with Gasteiger partial charge in [0.15, 0.2) is 11.5 Å². The molecule has 0 bridgehead atoms. The van der Waals surface area contributed by atoms with Gasteiger partial charge in [-0.05, 0) is 11.6 Å². The van der Waals surface area contributed by atoms with Crippen molar-refractivity contribution in [3.63, 3.8) is 0 Å². The van der Waals surface area contributed by atoms with Gasteiger partial charge in [0.05, 0.1) is 29.9 Å². The average molecular weight is 343 g/mol. The third-order valence-electron chi connectivity index (χ3n) is 3.12. The maximum atomic E-state index is 11.2. The molecule has 0 aromatic heterocycles. The molecule has 130 valence electrons. The average Bonchev–Trinajstić information content (AvgIpc) is 2.60. The van der Waals surface area contributed by atoms with Crippen LogP contribution in [0, 0.1) is 10.1 Å². The van der Waals surface area contributed by atoms with Crippen LogP contribution in [0.3, 0.4) is 0 Å². The number of nitro benzene ring substituents is 1. The first kappa shape index (κ1) is 17.7. The third kappa shape index (κ3) is 4.93. The Morgan fingerprint density at radius 1 is 1.24 bits per heavy atom. The van der Waals surface area contributed by atoms with Gasteiger partial charge < -0.3 is 20.9 Å². The molecule has 0 aliphatic rings. The molecule has 0 saturated heterocycles. The minimum Gasteiger partial charge on any atom is -0.493 e. The van der Waals surface area contributed by atoms with Crippen LogP contribution in [0.15, 0.2) is 52.7 Å². The van der Waals surface area contributed by atoms with Crippen LogP contribution in [0.25, 0.3) is 0 Å². The van der Waals surface area contributed by atoms with Crippen LogP contribution >= 0.6 is 0 Å². The van der Waals surface area contributed by atoms with Crippen molar-refractivity contribution < 1.29 is 14.4 Å². The molecule has 0 spiro atoms. The monoisotopic (exact) mass is 343 g/mol. The zero-order valence-electron chi connectivity index (χ0n) is 13.5. The standard InChI is InChI=1S/C16H17N5O4/c1-24-14-8-13(21(22)23)12(9-19-20-16(17)18)7-15(14)25-10-11-5-3-2-4-6-11/h2-9H,10H2,1H3,(H4,17,18,20). The molecule has 0 heterocycles. The number of nitrogens with two attached hydrogens (primary N) is 2. The molecule has 0 saturated carbocycles. The van der Waals surface area contributed by atoms with Crippen LogP contribution in [0.5, 0.6) is 11.5 Å². The number of rotatable bonds is 7. The van der Waals surface area contributed by atoms with Crippen LogP contribution < -0.4 is 20.9 Å². The Morgan fingerprint density at radius 2 is 1.96 bits per heavy atom. The predicted octanol–water partition coefficient (Wildman–Crippen LogP) is 1.79. The fourth-order valence-electron chi connectivity index (χ4n) is 1.99. The lowest BCUT2D eigenvalue weighted by Crippen LogP contribution is -2.21. The largest absolute Gasteiger partial charge is 0.493 e. The zero-order valence-corrected chi connectivity index (χ0v) is 13.5. The molecule has 2 aromatic carbocycles. The predicted molar refractivity (Wildman–Crippen MR) is 93.8 cm³/mol. The van der Waals surface area contributed by atoms with Crippen molar-refractivity contribution in [2.45, 2.75) is 6.61 Å². The number of nitro groups is 1. The molecule has 0 amide bonds. The summed E-state index contributed by atoms with van der Waals surface area (Å²) in [7, 11) is 1.40. The second kappa shape index (κ2) is 8.29. The fourth-order valence-corrected chi connectivity index (χ4v) is 1.99. The molecular weight excluding hydrogens is 326 g/mol. The van der Waals surface area contributed by atoms with Gasteiger partial charge in [-0.15, -0.1) is 5.10 Å². The molecule has 2 aromatic rings. The Morgan fingerprint density at radius 3 is 2.56 bits per heavy atom. The van der Waals surface area contributed by atoms with Gasteiger partial charge in [-0.1, -0.05) is 30.3 Å². The first-order chi connectivity index (χ1) is 12.0. The Labute approximate surface area is 143 Å². The minimum absolute atomic E-state index is 0.180. The van der Waals surface area contributed by atoms with E-state index in [9.17, 15) is 10.1 Å². The van der Waals surface area contributed by atoms with Crippen LogP contribution in [-0.2, 0) is 6.61 Å². The summed E-state index contributed by atoms with van der Waals surface area (Å²) in [6.45, 7) is 0.277.